The third kappa shape index (κ3) is 5.40. The van der Waals surface area contributed by atoms with Gasteiger partial charge in [0.25, 0.3) is 0 Å². The molecular formula is C12H26N2. The van der Waals surface area contributed by atoms with E-state index >= 15 is 0 Å². The van der Waals surface area contributed by atoms with Crippen LogP contribution in [-0.4, -0.2) is 37.6 Å². The topological polar surface area (TPSA) is 15.3 Å². The minimum atomic E-state index is 0.565. The summed E-state index contributed by atoms with van der Waals surface area (Å²) in [5.41, 5.74) is 0. The smallest absolute Gasteiger partial charge is 0.0186 e. The maximum Gasteiger partial charge on any atom is 0.0186 e. The first-order valence-electron chi connectivity index (χ1n) is 5.49. The van der Waals surface area contributed by atoms with Crippen LogP contribution < -0.4 is 5.32 Å². The molecule has 0 aromatic carbocycles. The summed E-state index contributed by atoms with van der Waals surface area (Å²) in [6.07, 6.45) is 3.09. The minimum absolute atomic E-state index is 0.565. The van der Waals surface area contributed by atoms with Crippen LogP contribution in [0.3, 0.4) is 0 Å². The molecule has 1 N–H and O–H groups in total. The Kier molecular flexibility index (Phi) is 6.85. The normalized spacial score (nSPS) is 17.9. The van der Waals surface area contributed by atoms with Gasteiger partial charge in [-0.1, -0.05) is 13.0 Å². The predicted octanol–water partition coefficient (Wildman–Crippen LogP) is 2.13. The third-order valence-corrected chi connectivity index (χ3v) is 3.01. The minimum Gasteiger partial charge on any atom is -0.312 e. The van der Waals surface area contributed by atoms with Gasteiger partial charge in [-0.2, -0.15) is 0 Å². The Morgan fingerprint density at radius 1 is 1.29 bits per heavy atom. The summed E-state index contributed by atoms with van der Waals surface area (Å²) in [6, 6.07) is 1.16. The Labute approximate surface area is 89.4 Å². The molecule has 0 saturated carbocycles. The van der Waals surface area contributed by atoms with Crippen molar-refractivity contribution >= 4 is 0 Å². The molecule has 84 valence electrons. The highest BCUT2D eigenvalue weighted by Crippen LogP contribution is 2.08. The number of hydrogen-bond donors (Lipinski definition) is 1. The van der Waals surface area contributed by atoms with E-state index in [4.69, 9.17) is 0 Å². The number of likely N-dealkylation sites (N-methyl/N-ethyl adjacent to an activating group) is 1. The average molecular weight is 198 g/mol. The Morgan fingerprint density at radius 2 is 1.86 bits per heavy atom. The Hall–Kier alpha value is -0.340. The molecule has 0 bridgehead atoms. The van der Waals surface area contributed by atoms with Gasteiger partial charge in [-0.15, -0.1) is 6.58 Å². The highest BCUT2D eigenvalue weighted by molar-refractivity contribution is 4.78. The molecule has 0 aromatic heterocycles. The molecule has 0 aromatic rings. The molecule has 0 aliphatic carbocycles. The molecule has 14 heavy (non-hydrogen) atoms. The van der Waals surface area contributed by atoms with Crippen LogP contribution in [0.5, 0.6) is 0 Å². The fraction of sp³-hybridized carbons (Fsp3) is 0.833. The van der Waals surface area contributed by atoms with Crippen LogP contribution >= 0.6 is 0 Å². The number of allylic oxidation sites excluding steroid dienone is 1. The van der Waals surface area contributed by atoms with Crippen molar-refractivity contribution in [1.82, 2.24) is 10.2 Å². The summed E-state index contributed by atoms with van der Waals surface area (Å²) >= 11 is 0. The summed E-state index contributed by atoms with van der Waals surface area (Å²) in [6.45, 7) is 11.6. The zero-order valence-corrected chi connectivity index (χ0v) is 10.4. The quantitative estimate of drug-likeness (QED) is 0.630. The molecule has 0 fully saturated rings. The maximum absolute atomic E-state index is 3.77. The molecule has 0 aliphatic heterocycles. The van der Waals surface area contributed by atoms with Crippen molar-refractivity contribution in [3.05, 3.63) is 12.7 Å². The fourth-order valence-corrected chi connectivity index (χ4v) is 1.21. The van der Waals surface area contributed by atoms with Crippen molar-refractivity contribution in [2.24, 2.45) is 5.92 Å². The lowest BCUT2D eigenvalue weighted by atomic mass is 10.00. The zero-order chi connectivity index (χ0) is 11.1. The van der Waals surface area contributed by atoms with E-state index in [1.54, 1.807) is 0 Å². The van der Waals surface area contributed by atoms with Crippen molar-refractivity contribution in [3.63, 3.8) is 0 Å². The maximum atomic E-state index is 3.77. The van der Waals surface area contributed by atoms with Gasteiger partial charge in [-0.05, 0) is 40.3 Å². The summed E-state index contributed by atoms with van der Waals surface area (Å²) in [5.74, 6) is 0.668. The van der Waals surface area contributed by atoms with Crippen LogP contribution in [0.4, 0.5) is 0 Å². The molecule has 0 rings (SSSR count). The lowest BCUT2D eigenvalue weighted by Crippen LogP contribution is -2.41. The third-order valence-electron chi connectivity index (χ3n) is 3.01. The molecular weight excluding hydrogens is 172 g/mol. The van der Waals surface area contributed by atoms with E-state index in [2.05, 4.69) is 51.7 Å². The first kappa shape index (κ1) is 13.7. The molecule has 2 nitrogen and oxygen atoms in total. The number of nitrogens with zero attached hydrogens (tertiary/aromatic N) is 1. The van der Waals surface area contributed by atoms with Crippen LogP contribution in [-0.2, 0) is 0 Å². The molecule has 0 aliphatic rings. The first-order valence-corrected chi connectivity index (χ1v) is 5.49. The summed E-state index contributed by atoms with van der Waals surface area (Å²) in [5, 5.41) is 3.56. The second-order valence-electron chi connectivity index (χ2n) is 4.51. The standard InChI is InChI=1S/C12H26N2/c1-7-8-10(2)12(4)13-9-11(3)14(5)6/h7,10-13H,1,8-9H2,2-6H3. The molecule has 0 radical (unpaired) electrons. The largest absolute Gasteiger partial charge is 0.312 e. The first-order chi connectivity index (χ1) is 6.49. The lowest BCUT2D eigenvalue weighted by Gasteiger charge is -2.25. The van der Waals surface area contributed by atoms with Gasteiger partial charge in [-0.3, -0.25) is 0 Å². The summed E-state index contributed by atoms with van der Waals surface area (Å²) < 4.78 is 0. The van der Waals surface area contributed by atoms with Gasteiger partial charge in [0, 0.05) is 18.6 Å². The Bertz CT molecular complexity index is 154. The van der Waals surface area contributed by atoms with Crippen LogP contribution in [0.25, 0.3) is 0 Å². The van der Waals surface area contributed by atoms with Crippen LogP contribution in [0, 0.1) is 5.92 Å². The second-order valence-corrected chi connectivity index (χ2v) is 4.51. The van der Waals surface area contributed by atoms with E-state index in [9.17, 15) is 0 Å². The Morgan fingerprint density at radius 3 is 2.29 bits per heavy atom. The number of nitrogens with one attached hydrogen (secondary N) is 1. The monoisotopic (exact) mass is 198 g/mol. The summed E-state index contributed by atoms with van der Waals surface area (Å²) in [7, 11) is 4.23. The Balaban J connectivity index is 3.72. The number of hydrogen-bond acceptors (Lipinski definition) is 2. The summed E-state index contributed by atoms with van der Waals surface area (Å²) in [4.78, 5) is 2.23. The van der Waals surface area contributed by atoms with E-state index < -0.39 is 0 Å². The van der Waals surface area contributed by atoms with Crippen LogP contribution in [0.2, 0.25) is 0 Å². The van der Waals surface area contributed by atoms with Gasteiger partial charge < -0.3 is 10.2 Å². The number of rotatable bonds is 7. The molecule has 3 atom stereocenters. The van der Waals surface area contributed by atoms with E-state index in [1.807, 2.05) is 6.08 Å². The van der Waals surface area contributed by atoms with Gasteiger partial charge in [-0.25, -0.2) is 0 Å². The van der Waals surface area contributed by atoms with Gasteiger partial charge >= 0.3 is 0 Å². The SMILES string of the molecule is C=CCC(C)C(C)NCC(C)N(C)C. The van der Waals surface area contributed by atoms with Crippen molar-refractivity contribution in [3.8, 4) is 0 Å². The fourth-order valence-electron chi connectivity index (χ4n) is 1.21. The molecule has 2 heteroatoms. The van der Waals surface area contributed by atoms with Crippen LogP contribution in [0.1, 0.15) is 27.2 Å². The highest BCUT2D eigenvalue weighted by Gasteiger charge is 2.11. The second kappa shape index (κ2) is 7.02. The van der Waals surface area contributed by atoms with Crippen molar-refractivity contribution in [2.45, 2.75) is 39.3 Å². The highest BCUT2D eigenvalue weighted by atomic mass is 15.1. The van der Waals surface area contributed by atoms with Gasteiger partial charge in [0.2, 0.25) is 0 Å². The molecule has 3 unspecified atom stereocenters. The van der Waals surface area contributed by atoms with E-state index in [0.29, 0.717) is 18.0 Å². The van der Waals surface area contributed by atoms with E-state index in [0.717, 1.165) is 13.0 Å². The van der Waals surface area contributed by atoms with Crippen molar-refractivity contribution < 1.29 is 0 Å². The molecule has 0 amide bonds. The van der Waals surface area contributed by atoms with Gasteiger partial charge in [0.1, 0.15) is 0 Å². The van der Waals surface area contributed by atoms with E-state index in [1.165, 1.54) is 0 Å². The van der Waals surface area contributed by atoms with Gasteiger partial charge in [0.05, 0.1) is 0 Å². The zero-order valence-electron chi connectivity index (χ0n) is 10.4. The molecule has 0 spiro atoms. The van der Waals surface area contributed by atoms with Crippen LogP contribution in [0.15, 0.2) is 12.7 Å². The molecule has 0 heterocycles. The van der Waals surface area contributed by atoms with E-state index in [-0.39, 0.29) is 0 Å². The van der Waals surface area contributed by atoms with Gasteiger partial charge in [0.15, 0.2) is 0 Å². The lowest BCUT2D eigenvalue weighted by molar-refractivity contribution is 0.281. The predicted molar refractivity (Wildman–Crippen MR) is 64.6 cm³/mol. The molecule has 0 saturated heterocycles. The van der Waals surface area contributed by atoms with Crippen molar-refractivity contribution in [1.29, 1.82) is 0 Å². The average Bonchev–Trinajstić information content (AvgIpc) is 2.13. The van der Waals surface area contributed by atoms with Crippen molar-refractivity contribution in [2.75, 3.05) is 20.6 Å².